The number of aromatic hydroxyl groups is 1. The van der Waals surface area contributed by atoms with Gasteiger partial charge in [0.25, 0.3) is 0 Å². The summed E-state index contributed by atoms with van der Waals surface area (Å²) in [7, 11) is 0. The van der Waals surface area contributed by atoms with Gasteiger partial charge in [-0.25, -0.2) is 0 Å². The topological polar surface area (TPSA) is 41.5 Å². The van der Waals surface area contributed by atoms with Crippen LogP contribution < -0.4 is 10.1 Å². The summed E-state index contributed by atoms with van der Waals surface area (Å²) in [5.41, 5.74) is -3.39. The molecule has 2 aromatic carbocycles. The van der Waals surface area contributed by atoms with Gasteiger partial charge in [0, 0.05) is 12.5 Å². The van der Waals surface area contributed by atoms with Crippen LogP contribution in [0, 0.1) is 5.92 Å². The highest BCUT2D eigenvalue weighted by Gasteiger charge is 2.72. The lowest BCUT2D eigenvalue weighted by atomic mass is 9.73. The molecule has 2 aromatic rings. The number of dihydropyridines is 1. The van der Waals surface area contributed by atoms with Crippen molar-refractivity contribution in [2.45, 2.75) is 24.2 Å². The molecule has 1 heterocycles. The van der Waals surface area contributed by atoms with Crippen LogP contribution in [0.25, 0.3) is 0 Å². The van der Waals surface area contributed by atoms with Crippen molar-refractivity contribution in [3.8, 4) is 11.5 Å². The molecule has 2 aliphatic rings. The van der Waals surface area contributed by atoms with Gasteiger partial charge in [-0.1, -0.05) is 67.8 Å². The summed E-state index contributed by atoms with van der Waals surface area (Å²) in [4.78, 5) is 0. The number of halogens is 6. The molecule has 0 saturated carbocycles. The first kappa shape index (κ1) is 27.9. The average Bonchev–Trinajstić information content (AvgIpc) is 2.89. The van der Waals surface area contributed by atoms with Gasteiger partial charge in [0.15, 0.2) is 5.88 Å². The molecule has 1 unspecified atom stereocenters. The van der Waals surface area contributed by atoms with Crippen molar-refractivity contribution in [3.05, 3.63) is 132 Å². The summed E-state index contributed by atoms with van der Waals surface area (Å²) in [5.74, 6) is 0.0336. The summed E-state index contributed by atoms with van der Waals surface area (Å²) in [5, 5.41) is 12.5. The molecular weight excluding hydrogens is 520 g/mol. The molecule has 39 heavy (non-hydrogen) atoms. The van der Waals surface area contributed by atoms with Gasteiger partial charge < -0.3 is 15.2 Å². The van der Waals surface area contributed by atoms with E-state index in [1.165, 1.54) is 0 Å². The van der Waals surface area contributed by atoms with Crippen molar-refractivity contribution in [1.29, 1.82) is 0 Å². The maximum atomic E-state index is 14.2. The van der Waals surface area contributed by atoms with E-state index in [4.69, 9.17) is 4.74 Å². The van der Waals surface area contributed by atoms with Crippen LogP contribution in [0.5, 0.6) is 11.5 Å². The highest BCUT2D eigenvalue weighted by molar-refractivity contribution is 5.47. The van der Waals surface area contributed by atoms with Crippen LogP contribution in [0.2, 0.25) is 0 Å². The summed E-state index contributed by atoms with van der Waals surface area (Å²) in [6.45, 7) is 8.17. The second kappa shape index (κ2) is 10.6. The minimum atomic E-state index is -5.72. The Kier molecular flexibility index (Phi) is 7.54. The highest BCUT2D eigenvalue weighted by Crippen LogP contribution is 2.56. The number of alkyl halides is 6. The standard InChI is InChI=1S/C30H25F6NO2/c1-3-19(2)20-5-4-6-21(17-20)22-7-16-27(37-18-22)39-26-14-10-24(11-15-26)28(29(31,32)33,30(34,35)36)23-8-12-25(38)13-9-23/h3-16,21,37-38H,1-2,17-18H2. The Hall–Kier alpha value is -4.14. The van der Waals surface area contributed by atoms with Gasteiger partial charge in [-0.15, -0.1) is 0 Å². The van der Waals surface area contributed by atoms with Crippen LogP contribution in [-0.4, -0.2) is 24.0 Å². The highest BCUT2D eigenvalue weighted by atomic mass is 19.4. The van der Waals surface area contributed by atoms with E-state index >= 15 is 0 Å². The molecule has 1 atom stereocenters. The molecule has 1 aliphatic heterocycles. The summed E-state index contributed by atoms with van der Waals surface area (Å²) < 4.78 is 91.1. The number of hydrogen-bond acceptors (Lipinski definition) is 3. The predicted molar refractivity (Wildman–Crippen MR) is 137 cm³/mol. The third kappa shape index (κ3) is 5.39. The van der Waals surface area contributed by atoms with E-state index in [1.807, 2.05) is 18.2 Å². The molecular formula is C30H25F6NO2. The third-order valence-corrected chi connectivity index (χ3v) is 6.80. The number of allylic oxidation sites excluding steroid dienone is 8. The smallest absolute Gasteiger partial charge is 0.411 e. The van der Waals surface area contributed by atoms with Gasteiger partial charge in [-0.3, -0.25) is 0 Å². The zero-order chi connectivity index (χ0) is 28.4. The number of ether oxygens (including phenoxy) is 1. The van der Waals surface area contributed by atoms with Crippen molar-refractivity contribution >= 4 is 0 Å². The Morgan fingerprint density at radius 1 is 0.897 bits per heavy atom. The van der Waals surface area contributed by atoms with Crippen LogP contribution in [0.15, 0.2) is 121 Å². The maximum Gasteiger partial charge on any atom is 0.411 e. The van der Waals surface area contributed by atoms with Gasteiger partial charge in [0.2, 0.25) is 5.41 Å². The number of rotatable bonds is 7. The lowest BCUT2D eigenvalue weighted by Crippen LogP contribution is -2.54. The largest absolute Gasteiger partial charge is 0.508 e. The van der Waals surface area contributed by atoms with Crippen LogP contribution in [-0.2, 0) is 5.41 Å². The fraction of sp³-hybridized carbons (Fsp3) is 0.200. The van der Waals surface area contributed by atoms with Crippen LogP contribution in [0.4, 0.5) is 26.3 Å². The molecule has 204 valence electrons. The molecule has 0 radical (unpaired) electrons. The average molecular weight is 546 g/mol. The first-order chi connectivity index (χ1) is 18.4. The van der Waals surface area contributed by atoms with Gasteiger partial charge in [-0.05, 0) is 64.6 Å². The normalized spacial score (nSPS) is 17.9. The Balaban J connectivity index is 1.57. The maximum absolute atomic E-state index is 14.2. The predicted octanol–water partition coefficient (Wildman–Crippen LogP) is 7.80. The Morgan fingerprint density at radius 2 is 1.49 bits per heavy atom. The molecule has 0 bridgehead atoms. The fourth-order valence-corrected chi connectivity index (χ4v) is 4.71. The molecule has 3 nitrogen and oxygen atoms in total. The van der Waals surface area contributed by atoms with Crippen molar-refractivity contribution < 1.29 is 36.2 Å². The Labute approximate surface area is 221 Å². The number of phenols is 1. The van der Waals surface area contributed by atoms with Crippen molar-refractivity contribution in [3.63, 3.8) is 0 Å². The van der Waals surface area contributed by atoms with Crippen molar-refractivity contribution in [2.75, 3.05) is 6.54 Å². The zero-order valence-electron chi connectivity index (χ0n) is 20.6. The quantitative estimate of drug-likeness (QED) is 0.276. The van der Waals surface area contributed by atoms with E-state index in [-0.39, 0.29) is 11.7 Å². The molecule has 4 rings (SSSR count). The lowest BCUT2D eigenvalue weighted by Gasteiger charge is -2.38. The first-order valence-corrected chi connectivity index (χ1v) is 11.9. The summed E-state index contributed by atoms with van der Waals surface area (Å²) in [6, 6.07) is 6.44. The van der Waals surface area contributed by atoms with E-state index in [9.17, 15) is 31.4 Å². The Morgan fingerprint density at radius 3 is 2.00 bits per heavy atom. The molecule has 0 fully saturated rings. The zero-order valence-corrected chi connectivity index (χ0v) is 20.6. The van der Waals surface area contributed by atoms with Crippen LogP contribution in [0.3, 0.4) is 0 Å². The number of hydrogen-bond donors (Lipinski definition) is 2. The molecule has 0 saturated heterocycles. The SMILES string of the molecule is C=CC(=C)C1=CC=CC(C2=CC=C(Oc3ccc(C(c4ccc(O)cc4)(C(F)(F)F)C(F)(F)F)cc3)NC2)C1. The minimum Gasteiger partial charge on any atom is -0.508 e. The number of nitrogens with one attached hydrogen (secondary N) is 1. The van der Waals surface area contributed by atoms with Crippen LogP contribution in [0.1, 0.15) is 17.5 Å². The van der Waals surface area contributed by atoms with Gasteiger partial charge >= 0.3 is 12.4 Å². The van der Waals surface area contributed by atoms with E-state index in [2.05, 4.69) is 24.6 Å². The second-order valence-corrected chi connectivity index (χ2v) is 9.16. The van der Waals surface area contributed by atoms with Crippen LogP contribution >= 0.6 is 0 Å². The fourth-order valence-electron chi connectivity index (χ4n) is 4.71. The second-order valence-electron chi connectivity index (χ2n) is 9.16. The van der Waals surface area contributed by atoms with Gasteiger partial charge in [0.05, 0.1) is 0 Å². The third-order valence-electron chi connectivity index (χ3n) is 6.80. The molecule has 2 N–H and O–H groups in total. The minimum absolute atomic E-state index is 0.0587. The van der Waals surface area contributed by atoms with Gasteiger partial charge in [-0.2, -0.15) is 26.3 Å². The van der Waals surface area contributed by atoms with Crippen molar-refractivity contribution in [2.24, 2.45) is 5.92 Å². The van der Waals surface area contributed by atoms with E-state index in [0.717, 1.165) is 59.5 Å². The van der Waals surface area contributed by atoms with Crippen molar-refractivity contribution in [1.82, 2.24) is 5.32 Å². The first-order valence-electron chi connectivity index (χ1n) is 11.9. The molecule has 9 heteroatoms. The molecule has 1 aliphatic carbocycles. The van der Waals surface area contributed by atoms with E-state index < -0.39 is 34.6 Å². The number of phenolic OH excluding ortho intramolecular Hbond substituents is 1. The Bertz CT molecular complexity index is 1350. The molecule has 0 aromatic heterocycles. The number of benzene rings is 2. The molecule has 0 spiro atoms. The molecule has 0 amide bonds. The lowest BCUT2D eigenvalue weighted by molar-refractivity contribution is -0.288. The van der Waals surface area contributed by atoms with Gasteiger partial charge in [0.1, 0.15) is 11.5 Å². The monoisotopic (exact) mass is 545 g/mol. The van der Waals surface area contributed by atoms with E-state index in [1.54, 1.807) is 12.2 Å². The summed E-state index contributed by atoms with van der Waals surface area (Å²) >= 11 is 0. The van der Waals surface area contributed by atoms with E-state index in [0.29, 0.717) is 24.6 Å². The summed E-state index contributed by atoms with van der Waals surface area (Å²) in [6.07, 6.45) is 0.542.